The minimum atomic E-state index is 0.328. The van der Waals surface area contributed by atoms with Gasteiger partial charge < -0.3 is 15.8 Å². The first kappa shape index (κ1) is 15.0. The Labute approximate surface area is 130 Å². The SMILES string of the molecule is CCCCOc1nc(N)c2ncc(CC3CCCCN3)n2n1. The van der Waals surface area contributed by atoms with Crippen LogP contribution < -0.4 is 15.8 Å². The molecule has 0 saturated carbocycles. The number of hydrogen-bond acceptors (Lipinski definition) is 6. The van der Waals surface area contributed by atoms with Crippen molar-refractivity contribution in [2.45, 2.75) is 51.5 Å². The lowest BCUT2D eigenvalue weighted by Crippen LogP contribution is -2.35. The Morgan fingerprint density at radius 3 is 3.14 bits per heavy atom. The number of nitrogens with two attached hydrogens (primary N) is 1. The smallest absolute Gasteiger partial charge is 0.336 e. The summed E-state index contributed by atoms with van der Waals surface area (Å²) < 4.78 is 7.36. The number of fused-ring (bicyclic) bond motifs is 1. The second-order valence-corrected chi connectivity index (χ2v) is 5.82. The monoisotopic (exact) mass is 304 g/mol. The lowest BCUT2D eigenvalue weighted by Gasteiger charge is -2.22. The number of aromatic nitrogens is 4. The van der Waals surface area contributed by atoms with E-state index >= 15 is 0 Å². The van der Waals surface area contributed by atoms with Crippen molar-refractivity contribution in [1.29, 1.82) is 0 Å². The second kappa shape index (κ2) is 6.91. The third-order valence-electron chi connectivity index (χ3n) is 4.04. The van der Waals surface area contributed by atoms with Gasteiger partial charge in [-0.2, -0.15) is 4.98 Å². The molecule has 2 aromatic heterocycles. The summed E-state index contributed by atoms with van der Waals surface area (Å²) >= 11 is 0. The summed E-state index contributed by atoms with van der Waals surface area (Å²) in [5.74, 6) is 0.365. The minimum Gasteiger partial charge on any atom is -0.462 e. The van der Waals surface area contributed by atoms with Crippen LogP contribution in [0.15, 0.2) is 6.20 Å². The van der Waals surface area contributed by atoms with Gasteiger partial charge in [-0.05, 0) is 25.8 Å². The molecule has 3 rings (SSSR count). The molecule has 1 aliphatic rings. The van der Waals surface area contributed by atoms with Crippen molar-refractivity contribution in [3.05, 3.63) is 11.9 Å². The predicted molar refractivity (Wildman–Crippen MR) is 84.9 cm³/mol. The van der Waals surface area contributed by atoms with Gasteiger partial charge in [-0.3, -0.25) is 0 Å². The molecular formula is C15H24N6O. The molecule has 3 heterocycles. The molecule has 7 nitrogen and oxygen atoms in total. The van der Waals surface area contributed by atoms with Gasteiger partial charge in [-0.1, -0.05) is 19.8 Å². The van der Waals surface area contributed by atoms with E-state index in [9.17, 15) is 0 Å². The van der Waals surface area contributed by atoms with E-state index in [-0.39, 0.29) is 0 Å². The summed E-state index contributed by atoms with van der Waals surface area (Å²) in [5.41, 5.74) is 7.63. The first-order chi connectivity index (χ1) is 10.8. The fourth-order valence-corrected chi connectivity index (χ4v) is 2.79. The quantitative estimate of drug-likeness (QED) is 0.787. The number of anilines is 1. The normalized spacial score (nSPS) is 18.7. The van der Waals surface area contributed by atoms with E-state index in [2.05, 4.69) is 27.3 Å². The first-order valence-electron chi connectivity index (χ1n) is 8.14. The molecule has 0 aromatic carbocycles. The van der Waals surface area contributed by atoms with Crippen LogP contribution in [0.3, 0.4) is 0 Å². The molecule has 2 aromatic rings. The Balaban J connectivity index is 1.80. The number of nitrogens with zero attached hydrogens (tertiary/aromatic N) is 4. The Bertz CT molecular complexity index is 620. The topological polar surface area (TPSA) is 90.4 Å². The Kier molecular flexibility index (Phi) is 4.72. The van der Waals surface area contributed by atoms with Crippen molar-refractivity contribution in [2.24, 2.45) is 0 Å². The van der Waals surface area contributed by atoms with Crippen LogP contribution in [0.1, 0.15) is 44.7 Å². The third-order valence-corrected chi connectivity index (χ3v) is 4.04. The van der Waals surface area contributed by atoms with Crippen molar-refractivity contribution < 1.29 is 4.74 Å². The number of piperidine rings is 1. The van der Waals surface area contributed by atoms with Gasteiger partial charge in [0.2, 0.25) is 0 Å². The zero-order valence-electron chi connectivity index (χ0n) is 13.1. The summed E-state index contributed by atoms with van der Waals surface area (Å²) in [6.07, 6.45) is 8.50. The minimum absolute atomic E-state index is 0.328. The van der Waals surface area contributed by atoms with Crippen molar-refractivity contribution >= 4 is 11.5 Å². The van der Waals surface area contributed by atoms with E-state index in [4.69, 9.17) is 10.5 Å². The van der Waals surface area contributed by atoms with Crippen molar-refractivity contribution in [1.82, 2.24) is 24.9 Å². The largest absolute Gasteiger partial charge is 0.462 e. The number of unbranched alkanes of at least 4 members (excludes halogenated alkanes) is 1. The van der Waals surface area contributed by atoms with E-state index in [0.717, 1.165) is 31.5 Å². The number of ether oxygens (including phenoxy) is 1. The fraction of sp³-hybridized carbons (Fsp3) is 0.667. The Morgan fingerprint density at radius 1 is 1.45 bits per heavy atom. The van der Waals surface area contributed by atoms with Gasteiger partial charge in [-0.25, -0.2) is 9.50 Å². The second-order valence-electron chi connectivity index (χ2n) is 5.82. The number of nitrogens with one attached hydrogen (secondary N) is 1. The van der Waals surface area contributed by atoms with Crippen LogP contribution in [0.5, 0.6) is 6.01 Å². The lowest BCUT2D eigenvalue weighted by atomic mass is 10.0. The van der Waals surface area contributed by atoms with Gasteiger partial charge in [0.15, 0.2) is 11.5 Å². The highest BCUT2D eigenvalue weighted by Crippen LogP contribution is 2.18. The first-order valence-corrected chi connectivity index (χ1v) is 8.14. The van der Waals surface area contributed by atoms with Crippen LogP contribution in [0, 0.1) is 0 Å². The van der Waals surface area contributed by atoms with Crippen LogP contribution in [-0.2, 0) is 6.42 Å². The third kappa shape index (κ3) is 3.30. The van der Waals surface area contributed by atoms with Crippen LogP contribution in [0.25, 0.3) is 5.65 Å². The molecule has 1 atom stereocenters. The molecule has 120 valence electrons. The lowest BCUT2D eigenvalue weighted by molar-refractivity contribution is 0.280. The molecular weight excluding hydrogens is 280 g/mol. The fourth-order valence-electron chi connectivity index (χ4n) is 2.79. The summed E-state index contributed by atoms with van der Waals surface area (Å²) in [6.45, 7) is 3.81. The number of nitrogen functional groups attached to an aromatic ring is 1. The molecule has 0 radical (unpaired) electrons. The van der Waals surface area contributed by atoms with E-state index in [1.54, 1.807) is 4.52 Å². The molecule has 1 unspecified atom stereocenters. The maximum Gasteiger partial charge on any atom is 0.336 e. The van der Waals surface area contributed by atoms with E-state index in [1.807, 2.05) is 6.20 Å². The summed E-state index contributed by atoms with van der Waals surface area (Å²) in [6, 6.07) is 0.809. The molecule has 1 aliphatic heterocycles. The maximum atomic E-state index is 5.98. The Hall–Kier alpha value is -1.89. The zero-order valence-corrected chi connectivity index (χ0v) is 13.1. The number of rotatable bonds is 6. The van der Waals surface area contributed by atoms with Gasteiger partial charge >= 0.3 is 6.01 Å². The predicted octanol–water partition coefficient (Wildman–Crippen LogP) is 1.57. The average Bonchev–Trinajstić information content (AvgIpc) is 2.92. The van der Waals surface area contributed by atoms with Crippen molar-refractivity contribution in [2.75, 3.05) is 18.9 Å². The molecule has 22 heavy (non-hydrogen) atoms. The zero-order chi connectivity index (χ0) is 15.4. The van der Waals surface area contributed by atoms with Gasteiger partial charge in [-0.15, -0.1) is 5.10 Å². The molecule has 0 aliphatic carbocycles. The highest BCUT2D eigenvalue weighted by Gasteiger charge is 2.17. The molecule has 0 amide bonds. The maximum absolute atomic E-state index is 5.98. The summed E-state index contributed by atoms with van der Waals surface area (Å²) in [7, 11) is 0. The summed E-state index contributed by atoms with van der Waals surface area (Å²) in [4.78, 5) is 8.53. The van der Waals surface area contributed by atoms with E-state index in [0.29, 0.717) is 30.1 Å². The van der Waals surface area contributed by atoms with Crippen molar-refractivity contribution in [3.8, 4) is 6.01 Å². The molecule has 0 spiro atoms. The molecule has 1 saturated heterocycles. The van der Waals surface area contributed by atoms with Crippen molar-refractivity contribution in [3.63, 3.8) is 0 Å². The van der Waals surface area contributed by atoms with Gasteiger partial charge in [0.05, 0.1) is 18.5 Å². The van der Waals surface area contributed by atoms with Crippen LogP contribution in [-0.4, -0.2) is 38.8 Å². The number of hydrogen-bond donors (Lipinski definition) is 2. The average molecular weight is 304 g/mol. The van der Waals surface area contributed by atoms with Gasteiger partial charge in [0.1, 0.15) is 0 Å². The summed E-state index contributed by atoms with van der Waals surface area (Å²) in [5, 5.41) is 7.99. The highest BCUT2D eigenvalue weighted by atomic mass is 16.5. The van der Waals surface area contributed by atoms with Crippen LogP contribution in [0.4, 0.5) is 5.82 Å². The highest BCUT2D eigenvalue weighted by molar-refractivity contribution is 5.59. The molecule has 3 N–H and O–H groups in total. The van der Waals surface area contributed by atoms with Gasteiger partial charge in [0, 0.05) is 12.5 Å². The van der Waals surface area contributed by atoms with Crippen LogP contribution in [0.2, 0.25) is 0 Å². The van der Waals surface area contributed by atoms with E-state index < -0.39 is 0 Å². The standard InChI is InChI=1S/C15H24N6O/c1-2-3-8-22-15-19-13(16)14-18-10-12(21(14)20-15)9-11-6-4-5-7-17-11/h10-11,17H,2-9H2,1H3,(H2,16,19,20). The number of imidazole rings is 1. The molecule has 1 fully saturated rings. The Morgan fingerprint density at radius 2 is 2.36 bits per heavy atom. The molecule has 0 bridgehead atoms. The van der Waals surface area contributed by atoms with E-state index in [1.165, 1.54) is 19.3 Å². The molecule has 7 heteroatoms. The van der Waals surface area contributed by atoms with Crippen LogP contribution >= 0.6 is 0 Å². The van der Waals surface area contributed by atoms with Gasteiger partial charge in [0.25, 0.3) is 0 Å².